The van der Waals surface area contributed by atoms with E-state index in [1.165, 1.54) is 12.1 Å². The molecule has 62 valence electrons. The average molecular weight is 156 g/mol. The van der Waals surface area contributed by atoms with Crippen molar-refractivity contribution in [1.82, 2.24) is 12.3 Å². The summed E-state index contributed by atoms with van der Waals surface area (Å²) in [4.78, 5) is 0. The van der Waals surface area contributed by atoms with Crippen LogP contribution in [0.15, 0.2) is 30.3 Å². The minimum absolute atomic E-state index is 0. The van der Waals surface area contributed by atoms with Crippen molar-refractivity contribution in [1.29, 1.82) is 0 Å². The first-order valence-electron chi connectivity index (χ1n) is 2.67. The van der Waals surface area contributed by atoms with E-state index in [0.29, 0.717) is 5.46 Å². The molecule has 0 unspecified atom stereocenters. The molecule has 11 heavy (non-hydrogen) atoms. The van der Waals surface area contributed by atoms with Crippen LogP contribution in [0, 0.1) is 0 Å². The second kappa shape index (κ2) is 5.88. The van der Waals surface area contributed by atoms with Gasteiger partial charge in [-0.3, -0.25) is 0 Å². The van der Waals surface area contributed by atoms with Crippen molar-refractivity contribution in [3.8, 4) is 0 Å². The third-order valence-electron chi connectivity index (χ3n) is 1.07. The van der Waals surface area contributed by atoms with Gasteiger partial charge in [-0.25, -0.2) is 0 Å². The molecule has 0 saturated carbocycles. The molecule has 1 aromatic carbocycles. The molecule has 0 radical (unpaired) electrons. The van der Waals surface area contributed by atoms with E-state index in [9.17, 15) is 10.0 Å². The van der Waals surface area contributed by atoms with Gasteiger partial charge in [0.15, 0.2) is 0 Å². The van der Waals surface area contributed by atoms with E-state index < -0.39 is 7.12 Å². The summed E-state index contributed by atoms with van der Waals surface area (Å²) < 4.78 is 0. The van der Waals surface area contributed by atoms with Crippen molar-refractivity contribution in [3.05, 3.63) is 30.3 Å². The van der Waals surface area contributed by atoms with Crippen LogP contribution < -0.4 is 27.8 Å². The van der Waals surface area contributed by atoms with Gasteiger partial charge in [0.25, 0.3) is 0 Å². The summed E-state index contributed by atoms with van der Waals surface area (Å²) in [6.07, 6.45) is 0. The molecule has 5 heteroatoms. The van der Waals surface area contributed by atoms with Crippen molar-refractivity contribution < 1.29 is 10.0 Å². The van der Waals surface area contributed by atoms with E-state index in [1.807, 2.05) is 0 Å². The lowest BCUT2D eigenvalue weighted by molar-refractivity contribution is -0.341. The maximum atomic E-state index is 10.2. The molecule has 0 heterocycles. The molecule has 0 atom stereocenters. The van der Waals surface area contributed by atoms with Crippen molar-refractivity contribution >= 4 is 12.6 Å². The van der Waals surface area contributed by atoms with Gasteiger partial charge in [0.2, 0.25) is 0 Å². The second-order valence-electron chi connectivity index (χ2n) is 1.74. The van der Waals surface area contributed by atoms with Crippen LogP contribution in [0.5, 0.6) is 0 Å². The fourth-order valence-electron chi connectivity index (χ4n) is 0.610. The van der Waals surface area contributed by atoms with Crippen LogP contribution in [0.3, 0.4) is 0 Å². The van der Waals surface area contributed by atoms with Crippen LogP contribution in [0.25, 0.3) is 0 Å². The molecular weight excluding hydrogens is 143 g/mol. The van der Waals surface area contributed by atoms with E-state index in [-0.39, 0.29) is 12.3 Å². The zero-order chi connectivity index (χ0) is 6.69. The lowest BCUT2D eigenvalue weighted by Crippen LogP contribution is -2.54. The predicted molar refractivity (Wildman–Crippen MR) is 43.8 cm³/mol. The van der Waals surface area contributed by atoms with Crippen molar-refractivity contribution in [2.45, 2.75) is 0 Å². The molecule has 0 saturated heterocycles. The fourth-order valence-corrected chi connectivity index (χ4v) is 0.610. The topological polar surface area (TPSA) is 119 Å². The number of benzene rings is 1. The first-order chi connectivity index (χ1) is 4.30. The lowest BCUT2D eigenvalue weighted by atomic mass is 9.81. The Hall–Kier alpha value is -0.875. The second-order valence-corrected chi connectivity index (χ2v) is 1.74. The molecule has 8 N–H and O–H groups in total. The molecule has 0 fully saturated rings. The van der Waals surface area contributed by atoms with Crippen molar-refractivity contribution in [2.24, 2.45) is 0 Å². The maximum Gasteiger partial charge on any atom is -0.0623 e. The van der Waals surface area contributed by atoms with E-state index in [1.54, 1.807) is 18.2 Å². The van der Waals surface area contributed by atoms with E-state index >= 15 is 0 Å². The normalized spacial score (nSPS) is 7.45. The van der Waals surface area contributed by atoms with Gasteiger partial charge in [0.05, 0.1) is 0 Å². The zero-order valence-electron chi connectivity index (χ0n) is 6.78. The van der Waals surface area contributed by atoms with Crippen LogP contribution in [0.4, 0.5) is 0 Å². The lowest BCUT2D eigenvalue weighted by Gasteiger charge is -2.26. The van der Waals surface area contributed by atoms with Gasteiger partial charge in [-0.15, -0.1) is 5.46 Å². The highest BCUT2D eigenvalue weighted by atomic mass is 16.4. The summed E-state index contributed by atoms with van der Waals surface area (Å²) in [6.45, 7) is 0. The van der Waals surface area contributed by atoms with Gasteiger partial charge in [0, 0.05) is 0 Å². The Morgan fingerprint density at radius 1 is 0.909 bits per heavy atom. The van der Waals surface area contributed by atoms with E-state index in [4.69, 9.17) is 0 Å². The Morgan fingerprint density at radius 3 is 1.64 bits per heavy atom. The predicted octanol–water partition coefficient (Wildman–Crippen LogP) is -1.15. The Balaban J connectivity index is 0. The first-order valence-corrected chi connectivity index (χ1v) is 2.67. The Morgan fingerprint density at radius 2 is 1.36 bits per heavy atom. The molecule has 0 amide bonds. The Kier molecular flexibility index (Phi) is 6.82. The van der Waals surface area contributed by atoms with Crippen LogP contribution in [-0.4, -0.2) is 7.12 Å². The molecule has 1 rings (SSSR count). The quantitative estimate of drug-likeness (QED) is 0.499. The summed E-state index contributed by atoms with van der Waals surface area (Å²) in [5.41, 5.74) is 0.303. The standard InChI is InChI=1S/C6H5BO2.2H3N/c8-7(9)6-4-2-1-3-5-6;;/h1-5H;2*1H3/q-2;;/p+2. The monoisotopic (exact) mass is 156 g/mol. The number of rotatable bonds is 1. The van der Waals surface area contributed by atoms with E-state index in [2.05, 4.69) is 0 Å². The highest BCUT2D eigenvalue weighted by Gasteiger charge is 1.80. The Labute approximate surface area is 66.2 Å². The first kappa shape index (κ1) is 12.8. The highest BCUT2D eigenvalue weighted by molar-refractivity contribution is 6.55. The number of hydrogen-bond donors (Lipinski definition) is 2. The molecule has 0 aliphatic heterocycles. The summed E-state index contributed by atoms with van der Waals surface area (Å²) in [5.74, 6) is 0. The van der Waals surface area contributed by atoms with Gasteiger partial charge in [0.1, 0.15) is 0 Å². The summed E-state index contributed by atoms with van der Waals surface area (Å²) in [6, 6.07) is 8.19. The SMILES string of the molecule is [NH4+].[NH4+].[O-]B([O-])c1ccccc1. The van der Waals surface area contributed by atoms with Crippen LogP contribution in [0.2, 0.25) is 0 Å². The van der Waals surface area contributed by atoms with E-state index in [0.717, 1.165) is 0 Å². The van der Waals surface area contributed by atoms with Crippen molar-refractivity contribution in [2.75, 3.05) is 0 Å². The van der Waals surface area contributed by atoms with Gasteiger partial charge in [-0.05, 0) is 0 Å². The van der Waals surface area contributed by atoms with Gasteiger partial charge < -0.3 is 22.3 Å². The van der Waals surface area contributed by atoms with Crippen LogP contribution in [0.1, 0.15) is 0 Å². The molecular formula is C6H13BN2O2. The summed E-state index contributed by atoms with van der Waals surface area (Å²) >= 11 is 0. The van der Waals surface area contributed by atoms with Gasteiger partial charge in [-0.1, -0.05) is 37.5 Å². The third kappa shape index (κ3) is 3.74. The average Bonchev–Trinajstić information content (AvgIpc) is 1.90. The minimum atomic E-state index is -1.84. The summed E-state index contributed by atoms with van der Waals surface area (Å²) in [7, 11) is -1.84. The van der Waals surface area contributed by atoms with Crippen LogP contribution in [-0.2, 0) is 0 Å². The van der Waals surface area contributed by atoms with Crippen LogP contribution >= 0.6 is 0 Å². The highest BCUT2D eigenvalue weighted by Crippen LogP contribution is 1.79. The van der Waals surface area contributed by atoms with Gasteiger partial charge in [-0.2, -0.15) is 0 Å². The number of hydrogen-bond acceptors (Lipinski definition) is 2. The molecule has 0 aliphatic rings. The molecule has 4 nitrogen and oxygen atoms in total. The van der Waals surface area contributed by atoms with Gasteiger partial charge >= 0.3 is 0 Å². The molecule has 1 aromatic rings. The minimum Gasteiger partial charge on any atom is -0.889 e. The molecule has 0 spiro atoms. The molecule has 0 aromatic heterocycles. The zero-order valence-corrected chi connectivity index (χ0v) is 6.78. The summed E-state index contributed by atoms with van der Waals surface area (Å²) in [5, 5.41) is 20.3. The largest absolute Gasteiger partial charge is 0.889 e. The van der Waals surface area contributed by atoms with Crippen molar-refractivity contribution in [3.63, 3.8) is 0 Å². The Bertz CT molecular complexity index is 181. The number of quaternary nitrogens is 2. The molecule has 0 bridgehead atoms. The smallest absolute Gasteiger partial charge is 0.0623 e. The maximum absolute atomic E-state index is 10.2. The fraction of sp³-hybridized carbons (Fsp3) is 0. The third-order valence-corrected chi connectivity index (χ3v) is 1.07. The molecule has 0 aliphatic carbocycles.